The van der Waals surface area contributed by atoms with Crippen molar-refractivity contribution in [3.05, 3.63) is 34.5 Å². The Morgan fingerprint density at radius 1 is 1.43 bits per heavy atom. The van der Waals surface area contributed by atoms with Crippen LogP contribution in [0.25, 0.3) is 11.0 Å². The van der Waals surface area contributed by atoms with Gasteiger partial charge in [-0.25, -0.2) is 4.79 Å². The molecule has 0 saturated heterocycles. The van der Waals surface area contributed by atoms with Gasteiger partial charge in [-0.3, -0.25) is 4.79 Å². The van der Waals surface area contributed by atoms with Crippen LogP contribution in [0.5, 0.6) is 0 Å². The number of furan rings is 1. The Bertz CT molecular complexity index is 694. The number of benzene rings is 1. The van der Waals surface area contributed by atoms with Gasteiger partial charge in [-0.15, -0.1) is 0 Å². The highest BCUT2D eigenvalue weighted by Gasteiger charge is 2.45. The van der Waals surface area contributed by atoms with Crippen LogP contribution in [0.1, 0.15) is 26.5 Å². The van der Waals surface area contributed by atoms with E-state index in [1.165, 1.54) is 11.8 Å². The standard InChI is InChI=1S/C15H16BrNO4/c1-9(2)17(8-18)15(3,14(19)20)13-7-10-6-11(16)4-5-12(10)21-13/h4-9H,1-3H3,(H,19,20). The molecule has 0 fully saturated rings. The molecule has 1 aromatic heterocycles. The van der Waals surface area contributed by atoms with E-state index in [-0.39, 0.29) is 11.8 Å². The van der Waals surface area contributed by atoms with E-state index in [0.717, 1.165) is 9.86 Å². The molecule has 21 heavy (non-hydrogen) atoms. The molecule has 1 N–H and O–H groups in total. The average molecular weight is 354 g/mol. The number of nitrogens with zero attached hydrogens (tertiary/aromatic N) is 1. The number of carboxylic acids is 1. The molecule has 2 aromatic rings. The second kappa shape index (κ2) is 5.52. The Morgan fingerprint density at radius 2 is 2.10 bits per heavy atom. The Morgan fingerprint density at radius 3 is 2.62 bits per heavy atom. The number of halogens is 1. The summed E-state index contributed by atoms with van der Waals surface area (Å²) in [5, 5.41) is 10.4. The number of hydrogen-bond acceptors (Lipinski definition) is 3. The third kappa shape index (κ3) is 2.55. The molecule has 1 amide bonds. The van der Waals surface area contributed by atoms with Gasteiger partial charge in [-0.05, 0) is 45.0 Å². The first-order chi connectivity index (χ1) is 9.80. The molecule has 0 radical (unpaired) electrons. The van der Waals surface area contributed by atoms with Crippen molar-refractivity contribution < 1.29 is 19.1 Å². The zero-order chi connectivity index (χ0) is 15.8. The Hall–Kier alpha value is -1.82. The van der Waals surface area contributed by atoms with Crippen molar-refractivity contribution in [1.29, 1.82) is 0 Å². The molecule has 1 unspecified atom stereocenters. The van der Waals surface area contributed by atoms with E-state index in [1.807, 2.05) is 12.1 Å². The predicted octanol–water partition coefficient (Wildman–Crippen LogP) is 3.36. The van der Waals surface area contributed by atoms with Gasteiger partial charge in [-0.1, -0.05) is 15.9 Å². The summed E-state index contributed by atoms with van der Waals surface area (Å²) < 4.78 is 6.55. The van der Waals surface area contributed by atoms with Crippen LogP contribution in [0.2, 0.25) is 0 Å². The number of hydrogen-bond donors (Lipinski definition) is 1. The fourth-order valence-electron chi connectivity index (χ4n) is 2.34. The molecule has 2 rings (SSSR count). The van der Waals surface area contributed by atoms with Gasteiger partial charge >= 0.3 is 5.97 Å². The highest BCUT2D eigenvalue weighted by atomic mass is 79.9. The highest BCUT2D eigenvalue weighted by Crippen LogP contribution is 2.34. The predicted molar refractivity (Wildman–Crippen MR) is 81.9 cm³/mol. The lowest BCUT2D eigenvalue weighted by Gasteiger charge is -2.36. The fraction of sp³-hybridized carbons (Fsp3) is 0.333. The molecule has 0 aliphatic carbocycles. The number of carbonyl (C=O) groups excluding carboxylic acids is 1. The minimum atomic E-state index is -1.55. The summed E-state index contributed by atoms with van der Waals surface area (Å²) in [5.74, 6) is -0.912. The van der Waals surface area contributed by atoms with E-state index >= 15 is 0 Å². The third-order valence-corrected chi connectivity index (χ3v) is 4.05. The number of rotatable bonds is 5. The molecule has 1 heterocycles. The van der Waals surface area contributed by atoms with E-state index in [2.05, 4.69) is 15.9 Å². The van der Waals surface area contributed by atoms with E-state index in [1.54, 1.807) is 26.0 Å². The Labute approximate surface area is 130 Å². The van der Waals surface area contributed by atoms with Gasteiger partial charge in [-0.2, -0.15) is 0 Å². The maximum absolute atomic E-state index is 11.8. The van der Waals surface area contributed by atoms with Crippen LogP contribution >= 0.6 is 15.9 Å². The minimum absolute atomic E-state index is 0.226. The molecule has 0 bridgehead atoms. The third-order valence-electron chi connectivity index (χ3n) is 3.56. The Balaban J connectivity index is 2.64. The van der Waals surface area contributed by atoms with Crippen LogP contribution in [0.15, 0.2) is 33.2 Å². The van der Waals surface area contributed by atoms with Gasteiger partial charge in [0.25, 0.3) is 0 Å². The molecular formula is C15H16BrNO4. The van der Waals surface area contributed by atoms with Crippen molar-refractivity contribution >= 4 is 39.3 Å². The highest BCUT2D eigenvalue weighted by molar-refractivity contribution is 9.10. The number of fused-ring (bicyclic) bond motifs is 1. The summed E-state index contributed by atoms with van der Waals surface area (Å²) >= 11 is 3.36. The van der Waals surface area contributed by atoms with E-state index in [0.29, 0.717) is 12.0 Å². The van der Waals surface area contributed by atoms with Gasteiger partial charge < -0.3 is 14.4 Å². The topological polar surface area (TPSA) is 70.8 Å². The van der Waals surface area contributed by atoms with Crippen LogP contribution in [-0.4, -0.2) is 28.4 Å². The summed E-state index contributed by atoms with van der Waals surface area (Å²) in [7, 11) is 0. The van der Waals surface area contributed by atoms with Crippen LogP contribution in [-0.2, 0) is 15.1 Å². The van der Waals surface area contributed by atoms with Crippen molar-refractivity contribution in [2.45, 2.75) is 32.4 Å². The summed E-state index contributed by atoms with van der Waals surface area (Å²) in [4.78, 5) is 24.4. The molecule has 5 nitrogen and oxygen atoms in total. The van der Waals surface area contributed by atoms with Gasteiger partial charge in [0.05, 0.1) is 0 Å². The minimum Gasteiger partial charge on any atom is -0.479 e. The summed E-state index contributed by atoms with van der Waals surface area (Å²) in [6.07, 6.45) is 0.544. The first-order valence-corrected chi connectivity index (χ1v) is 7.26. The van der Waals surface area contributed by atoms with E-state index in [4.69, 9.17) is 4.42 Å². The lowest BCUT2D eigenvalue weighted by molar-refractivity contribution is -0.157. The smallest absolute Gasteiger partial charge is 0.337 e. The zero-order valence-electron chi connectivity index (χ0n) is 12.0. The second-order valence-corrected chi connectivity index (χ2v) is 6.19. The summed E-state index contributed by atoms with van der Waals surface area (Å²) in [6.45, 7) is 4.99. The van der Waals surface area contributed by atoms with Crippen LogP contribution in [0.3, 0.4) is 0 Å². The summed E-state index contributed by atoms with van der Waals surface area (Å²) in [6, 6.07) is 6.79. The number of carbonyl (C=O) groups is 2. The lowest BCUT2D eigenvalue weighted by Crippen LogP contribution is -2.52. The number of aliphatic carboxylic acids is 1. The molecule has 6 heteroatoms. The van der Waals surface area contributed by atoms with Crippen LogP contribution in [0, 0.1) is 0 Å². The van der Waals surface area contributed by atoms with Crippen LogP contribution in [0.4, 0.5) is 0 Å². The van der Waals surface area contributed by atoms with Gasteiger partial charge in [0.1, 0.15) is 11.3 Å². The van der Waals surface area contributed by atoms with Crippen molar-refractivity contribution in [3.8, 4) is 0 Å². The van der Waals surface area contributed by atoms with E-state index < -0.39 is 11.5 Å². The van der Waals surface area contributed by atoms with Crippen LogP contribution < -0.4 is 0 Å². The van der Waals surface area contributed by atoms with Gasteiger partial charge in [0.15, 0.2) is 5.54 Å². The molecule has 0 spiro atoms. The molecule has 1 atom stereocenters. The molecule has 0 saturated carbocycles. The first kappa shape index (κ1) is 15.6. The molecule has 0 aliphatic rings. The van der Waals surface area contributed by atoms with E-state index in [9.17, 15) is 14.7 Å². The number of carboxylic acid groups (broad SMARTS) is 1. The molecule has 1 aromatic carbocycles. The van der Waals surface area contributed by atoms with Crippen molar-refractivity contribution in [1.82, 2.24) is 4.90 Å². The first-order valence-electron chi connectivity index (χ1n) is 6.47. The molecule has 112 valence electrons. The van der Waals surface area contributed by atoms with Gasteiger partial charge in [0, 0.05) is 15.9 Å². The quantitative estimate of drug-likeness (QED) is 0.836. The maximum atomic E-state index is 11.8. The molecular weight excluding hydrogens is 338 g/mol. The maximum Gasteiger partial charge on any atom is 0.337 e. The average Bonchev–Trinajstić information content (AvgIpc) is 2.81. The normalized spacial score (nSPS) is 14.1. The zero-order valence-corrected chi connectivity index (χ0v) is 13.5. The fourth-order valence-corrected chi connectivity index (χ4v) is 2.72. The second-order valence-electron chi connectivity index (χ2n) is 5.28. The summed E-state index contributed by atoms with van der Waals surface area (Å²) in [5.41, 5.74) is -0.975. The Kier molecular flexibility index (Phi) is 4.09. The lowest BCUT2D eigenvalue weighted by atomic mass is 9.95. The van der Waals surface area contributed by atoms with Gasteiger partial charge in [0.2, 0.25) is 6.41 Å². The monoisotopic (exact) mass is 353 g/mol. The van der Waals surface area contributed by atoms with Crippen molar-refractivity contribution in [2.24, 2.45) is 0 Å². The van der Waals surface area contributed by atoms with Crippen molar-refractivity contribution in [2.75, 3.05) is 0 Å². The number of amides is 1. The largest absolute Gasteiger partial charge is 0.479 e. The molecule has 0 aliphatic heterocycles. The van der Waals surface area contributed by atoms with Crippen molar-refractivity contribution in [3.63, 3.8) is 0 Å². The SMILES string of the molecule is CC(C)N(C=O)C(C)(C(=O)O)c1cc2cc(Br)ccc2o1.